The number of carbonyl (C=O) groups excluding carboxylic acids is 1. The van der Waals surface area contributed by atoms with Crippen LogP contribution < -0.4 is 15.8 Å². The van der Waals surface area contributed by atoms with Gasteiger partial charge in [0, 0.05) is 5.69 Å². The van der Waals surface area contributed by atoms with E-state index in [2.05, 4.69) is 20.0 Å². The average molecular weight is 461 g/mol. The fraction of sp³-hybridized carbons (Fsp3) is 0.286. The number of carbonyl (C=O) groups is 1. The quantitative estimate of drug-likeness (QED) is 0.472. The van der Waals surface area contributed by atoms with E-state index < -0.39 is 38.7 Å². The Balaban J connectivity index is 1.67. The number of hydrogen-bond acceptors (Lipinski definition) is 6. The molecule has 0 aliphatic heterocycles. The van der Waals surface area contributed by atoms with E-state index in [0.29, 0.717) is 41.7 Å². The lowest BCUT2D eigenvalue weighted by molar-refractivity contribution is -0.120. The highest BCUT2D eigenvalue weighted by atomic mass is 32.2. The Morgan fingerprint density at radius 3 is 2.59 bits per heavy atom. The minimum atomic E-state index is -3.75. The molecule has 1 aliphatic rings. The van der Waals surface area contributed by atoms with Crippen LogP contribution in [0.2, 0.25) is 0 Å². The monoisotopic (exact) mass is 461 g/mol. The zero-order valence-electron chi connectivity index (χ0n) is 17.2. The van der Waals surface area contributed by atoms with Crippen LogP contribution in [-0.2, 0) is 20.2 Å². The molecule has 0 atom stereocenters. The van der Waals surface area contributed by atoms with Crippen LogP contribution in [0.1, 0.15) is 31.9 Å². The van der Waals surface area contributed by atoms with Gasteiger partial charge in [0.1, 0.15) is 11.5 Å². The SMILES string of the molecule is CCCS(=O)(=O)Nc1ccc(F)c(Nc2ccc3ncc(C4(C(N)=O)CC4)nc3c2)c1F. The van der Waals surface area contributed by atoms with E-state index in [4.69, 9.17) is 5.73 Å². The number of nitrogens with one attached hydrogen (secondary N) is 2. The molecule has 0 spiro atoms. The summed E-state index contributed by atoms with van der Waals surface area (Å²) in [5, 5.41) is 2.64. The second kappa shape index (κ2) is 7.97. The molecule has 1 fully saturated rings. The maximum atomic E-state index is 14.9. The lowest BCUT2D eigenvalue weighted by Crippen LogP contribution is -2.29. The highest BCUT2D eigenvalue weighted by Gasteiger charge is 2.51. The standard InChI is InChI=1S/C21H21F2N5O3S/c1-2-9-32(30,31)28-15-6-4-13(22)19(18(15)23)26-12-3-5-14-16(10-12)27-17(11-25-14)21(7-8-21)20(24)29/h3-6,10-11,26,28H,2,7-9H2,1H3,(H2,24,29). The molecule has 2 aromatic carbocycles. The summed E-state index contributed by atoms with van der Waals surface area (Å²) < 4.78 is 55.4. The number of benzene rings is 2. The third kappa shape index (κ3) is 4.07. The summed E-state index contributed by atoms with van der Waals surface area (Å²) in [5.41, 5.74) is 5.52. The molecule has 8 nitrogen and oxygen atoms in total. The Morgan fingerprint density at radius 1 is 1.19 bits per heavy atom. The van der Waals surface area contributed by atoms with Crippen LogP contribution in [0.15, 0.2) is 36.5 Å². The van der Waals surface area contributed by atoms with Gasteiger partial charge in [0.15, 0.2) is 5.82 Å². The Hall–Kier alpha value is -3.34. The number of primary amides is 1. The van der Waals surface area contributed by atoms with Crippen LogP contribution in [0, 0.1) is 11.6 Å². The molecule has 3 aromatic rings. The van der Waals surface area contributed by atoms with Crippen LogP contribution in [0.4, 0.5) is 25.8 Å². The topological polar surface area (TPSA) is 127 Å². The third-order valence-corrected chi connectivity index (χ3v) is 6.83. The fourth-order valence-corrected chi connectivity index (χ4v) is 4.58. The van der Waals surface area contributed by atoms with E-state index in [-0.39, 0.29) is 11.4 Å². The number of rotatable bonds is 8. The molecular weight excluding hydrogens is 440 g/mol. The Bertz CT molecular complexity index is 1330. The number of amides is 1. The van der Waals surface area contributed by atoms with Crippen molar-refractivity contribution in [2.24, 2.45) is 5.73 Å². The number of halogens is 2. The Kier molecular flexibility index (Phi) is 5.45. The molecule has 1 saturated carbocycles. The molecule has 1 amide bonds. The van der Waals surface area contributed by atoms with Gasteiger partial charge in [0.05, 0.1) is 39.8 Å². The van der Waals surface area contributed by atoms with Gasteiger partial charge in [0.2, 0.25) is 15.9 Å². The average Bonchev–Trinajstić information content (AvgIpc) is 3.55. The van der Waals surface area contributed by atoms with Crippen molar-refractivity contribution >= 4 is 44.0 Å². The Morgan fingerprint density at radius 2 is 1.94 bits per heavy atom. The predicted molar refractivity (Wildman–Crippen MR) is 117 cm³/mol. The first-order valence-corrected chi connectivity index (χ1v) is 11.6. The maximum Gasteiger partial charge on any atom is 0.232 e. The number of aromatic nitrogens is 2. The van der Waals surface area contributed by atoms with Gasteiger partial charge in [-0.1, -0.05) is 6.92 Å². The van der Waals surface area contributed by atoms with Crippen LogP contribution >= 0.6 is 0 Å². The summed E-state index contributed by atoms with van der Waals surface area (Å²) in [6.07, 6.45) is 3.05. The molecule has 1 aliphatic carbocycles. The van der Waals surface area contributed by atoms with E-state index >= 15 is 0 Å². The van der Waals surface area contributed by atoms with Crippen LogP contribution in [0.5, 0.6) is 0 Å². The van der Waals surface area contributed by atoms with Crippen LogP contribution in [-0.4, -0.2) is 30.0 Å². The molecule has 11 heteroatoms. The molecular formula is C21H21F2N5O3S. The van der Waals surface area contributed by atoms with E-state index in [9.17, 15) is 22.0 Å². The first kappa shape index (κ1) is 21.9. The fourth-order valence-electron chi connectivity index (χ4n) is 3.45. The summed E-state index contributed by atoms with van der Waals surface area (Å²) in [7, 11) is -3.75. The van der Waals surface area contributed by atoms with Gasteiger partial charge in [-0.15, -0.1) is 0 Å². The maximum absolute atomic E-state index is 14.9. The summed E-state index contributed by atoms with van der Waals surface area (Å²) >= 11 is 0. The van der Waals surface area contributed by atoms with Crippen molar-refractivity contribution in [2.75, 3.05) is 15.8 Å². The van der Waals surface area contributed by atoms with Gasteiger partial charge < -0.3 is 11.1 Å². The smallest absolute Gasteiger partial charge is 0.232 e. The molecule has 0 saturated heterocycles. The molecule has 4 rings (SSSR count). The highest BCUT2D eigenvalue weighted by Crippen LogP contribution is 2.47. The van der Waals surface area contributed by atoms with Crippen molar-refractivity contribution in [1.29, 1.82) is 0 Å². The molecule has 0 unspecified atom stereocenters. The van der Waals surface area contributed by atoms with Crippen molar-refractivity contribution in [3.8, 4) is 0 Å². The molecule has 1 heterocycles. The van der Waals surface area contributed by atoms with Gasteiger partial charge in [-0.3, -0.25) is 14.5 Å². The van der Waals surface area contributed by atoms with E-state index in [0.717, 1.165) is 12.1 Å². The first-order valence-electron chi connectivity index (χ1n) is 9.98. The minimum Gasteiger partial charge on any atom is -0.369 e. The summed E-state index contributed by atoms with van der Waals surface area (Å²) in [5.74, 6) is -2.63. The summed E-state index contributed by atoms with van der Waals surface area (Å²) in [4.78, 5) is 20.6. The number of anilines is 3. The van der Waals surface area contributed by atoms with Crippen molar-refractivity contribution in [2.45, 2.75) is 31.6 Å². The number of sulfonamides is 1. The highest BCUT2D eigenvalue weighted by molar-refractivity contribution is 7.92. The number of fused-ring (bicyclic) bond motifs is 1. The zero-order chi connectivity index (χ0) is 23.1. The lowest BCUT2D eigenvalue weighted by atomic mass is 10.0. The molecule has 168 valence electrons. The number of nitrogens with two attached hydrogens (primary N) is 1. The van der Waals surface area contributed by atoms with Gasteiger partial charge in [-0.2, -0.15) is 0 Å². The molecule has 0 bridgehead atoms. The van der Waals surface area contributed by atoms with Crippen LogP contribution in [0.25, 0.3) is 11.0 Å². The van der Waals surface area contributed by atoms with E-state index in [1.807, 2.05) is 0 Å². The third-order valence-electron chi connectivity index (χ3n) is 5.35. The van der Waals surface area contributed by atoms with Crippen LogP contribution in [0.3, 0.4) is 0 Å². The normalized spacial score (nSPS) is 14.8. The zero-order valence-corrected chi connectivity index (χ0v) is 18.0. The molecule has 32 heavy (non-hydrogen) atoms. The minimum absolute atomic E-state index is 0.189. The largest absolute Gasteiger partial charge is 0.369 e. The van der Waals surface area contributed by atoms with Crippen molar-refractivity contribution in [1.82, 2.24) is 9.97 Å². The van der Waals surface area contributed by atoms with Gasteiger partial charge in [-0.05, 0) is 49.6 Å². The molecule has 4 N–H and O–H groups in total. The van der Waals surface area contributed by atoms with Gasteiger partial charge in [-0.25, -0.2) is 22.2 Å². The number of nitrogens with zero attached hydrogens (tertiary/aromatic N) is 2. The summed E-state index contributed by atoms with van der Waals surface area (Å²) in [6.45, 7) is 1.68. The van der Waals surface area contributed by atoms with Crippen molar-refractivity contribution < 1.29 is 22.0 Å². The van der Waals surface area contributed by atoms with E-state index in [1.54, 1.807) is 19.1 Å². The van der Waals surface area contributed by atoms with Crippen molar-refractivity contribution in [3.63, 3.8) is 0 Å². The predicted octanol–water partition coefficient (Wildman–Crippen LogP) is 3.32. The second-order valence-corrected chi connectivity index (χ2v) is 9.58. The first-order chi connectivity index (χ1) is 15.1. The van der Waals surface area contributed by atoms with Gasteiger partial charge >= 0.3 is 0 Å². The second-order valence-electron chi connectivity index (χ2n) is 7.73. The molecule has 0 radical (unpaired) electrons. The number of hydrogen-bond donors (Lipinski definition) is 3. The van der Waals surface area contributed by atoms with E-state index in [1.165, 1.54) is 12.3 Å². The molecule has 1 aromatic heterocycles. The lowest BCUT2D eigenvalue weighted by Gasteiger charge is -2.14. The van der Waals surface area contributed by atoms with Gasteiger partial charge in [0.25, 0.3) is 0 Å². The summed E-state index contributed by atoms with van der Waals surface area (Å²) in [6, 6.07) is 6.71. The van der Waals surface area contributed by atoms with Crippen molar-refractivity contribution in [3.05, 3.63) is 53.9 Å². The Labute approximate surface area is 183 Å².